The first-order chi connectivity index (χ1) is 4.83. The molecule has 49 valence electrons. The third kappa shape index (κ3) is 1.49. The van der Waals surface area contributed by atoms with Crippen LogP contribution in [0.3, 0.4) is 0 Å². The van der Waals surface area contributed by atoms with Crippen LogP contribution in [0.4, 0.5) is 4.39 Å². The van der Waals surface area contributed by atoms with E-state index in [1.54, 1.807) is 12.1 Å². The molecule has 1 rings (SSSR count). The maximum Gasteiger partial charge on any atom is 0.179 e. The Bertz CT molecular complexity index is 283. The van der Waals surface area contributed by atoms with Crippen molar-refractivity contribution in [2.24, 2.45) is 0 Å². The second kappa shape index (κ2) is 2.88. The van der Waals surface area contributed by atoms with Gasteiger partial charge in [0.25, 0.3) is 0 Å². The molecule has 0 saturated heterocycles. The topological polar surface area (TPSA) is 19.9 Å². The van der Waals surface area contributed by atoms with Gasteiger partial charge in [0.2, 0.25) is 0 Å². The summed E-state index contributed by atoms with van der Waals surface area (Å²) in [6.07, 6.45) is 1.22. The van der Waals surface area contributed by atoms with Gasteiger partial charge in [0.15, 0.2) is 5.75 Å². The van der Waals surface area contributed by atoms with Crippen molar-refractivity contribution in [1.82, 2.24) is 0 Å². The molecule has 1 aromatic carbocycles. The molecule has 0 heterocycles. The Morgan fingerprint density at radius 1 is 1.40 bits per heavy atom. The van der Waals surface area contributed by atoms with E-state index in [1.807, 2.05) is 0 Å². The van der Waals surface area contributed by atoms with E-state index in [0.29, 0.717) is 5.56 Å². The van der Waals surface area contributed by atoms with Crippen molar-refractivity contribution < 1.29 is 9.50 Å². The lowest BCUT2D eigenvalue weighted by molar-refractivity contribution is 0.355. The van der Waals surface area contributed by atoms with Gasteiger partial charge in [-0.3, -0.25) is 5.11 Å². The third-order valence-corrected chi connectivity index (χ3v) is 1.03. The zero-order valence-electron chi connectivity index (χ0n) is 5.10. The van der Waals surface area contributed by atoms with Gasteiger partial charge in [-0.2, -0.15) is 0 Å². The van der Waals surface area contributed by atoms with Crippen LogP contribution in [0.2, 0.25) is 0 Å². The number of hydrogen-bond acceptors (Lipinski definition) is 0. The van der Waals surface area contributed by atoms with E-state index in [9.17, 15) is 9.50 Å². The van der Waals surface area contributed by atoms with Crippen LogP contribution in [0.5, 0.6) is 5.75 Å². The summed E-state index contributed by atoms with van der Waals surface area (Å²) in [6.45, 7) is 0. The molecule has 0 bridgehead atoms. The Morgan fingerprint density at radius 2 is 2.20 bits per heavy atom. The lowest BCUT2D eigenvalue weighted by Gasteiger charge is -1.86. The van der Waals surface area contributed by atoms with Gasteiger partial charge in [-0.15, -0.1) is 4.39 Å². The number of rotatable bonds is 0. The molecule has 2 heteroatoms. The zero-order valence-corrected chi connectivity index (χ0v) is 5.10. The Kier molecular flexibility index (Phi) is 1.91. The maximum absolute atomic E-state index is 11.3. The normalized spacial score (nSPS) is 8.10. The first kappa shape index (κ1) is 6.63. The first-order valence-corrected chi connectivity index (χ1v) is 2.71. The van der Waals surface area contributed by atoms with E-state index in [-0.39, 0.29) is 5.75 Å². The lowest BCUT2D eigenvalue weighted by Crippen LogP contribution is -1.69. The average Bonchev–Trinajstić information content (AvgIpc) is 1.88. The van der Waals surface area contributed by atoms with Gasteiger partial charge in [0.1, 0.15) is 6.17 Å². The minimum absolute atomic E-state index is 0.153. The van der Waals surface area contributed by atoms with Crippen LogP contribution in [0.1, 0.15) is 5.56 Å². The summed E-state index contributed by atoms with van der Waals surface area (Å²) in [5.41, 5.74) is 0.412. The summed E-state index contributed by atoms with van der Waals surface area (Å²) in [6, 6.07) is 5.80. The fourth-order valence-electron chi connectivity index (χ4n) is 0.628. The second-order valence-corrected chi connectivity index (χ2v) is 1.75. The summed E-state index contributed by atoms with van der Waals surface area (Å²) >= 11 is 0. The Hall–Kier alpha value is -1.49. The average molecular weight is 135 g/mol. The molecule has 0 amide bonds. The highest BCUT2D eigenvalue weighted by molar-refractivity contribution is 5.38. The lowest BCUT2D eigenvalue weighted by atomic mass is 10.2. The van der Waals surface area contributed by atoms with Crippen LogP contribution >= 0.6 is 0 Å². The number of benzene rings is 1. The van der Waals surface area contributed by atoms with E-state index in [2.05, 4.69) is 5.92 Å². The van der Waals surface area contributed by atoms with Crippen LogP contribution in [0.25, 0.3) is 0 Å². The molecule has 0 atom stereocenters. The van der Waals surface area contributed by atoms with Crippen LogP contribution in [-0.2, 0) is 5.11 Å². The summed E-state index contributed by atoms with van der Waals surface area (Å²) in [5, 5.41) is 10.6. The van der Waals surface area contributed by atoms with Crippen molar-refractivity contribution in [2.45, 2.75) is 0 Å². The van der Waals surface area contributed by atoms with Gasteiger partial charge in [0, 0.05) is 11.6 Å². The highest BCUT2D eigenvalue weighted by Gasteiger charge is 1.89. The van der Waals surface area contributed by atoms with Gasteiger partial charge < -0.3 is 0 Å². The quantitative estimate of drug-likeness (QED) is 0.485. The second-order valence-electron chi connectivity index (χ2n) is 1.75. The summed E-state index contributed by atoms with van der Waals surface area (Å²) in [5.74, 6) is 1.98. The van der Waals surface area contributed by atoms with E-state index in [1.165, 1.54) is 18.3 Å². The SMILES string of the molecule is [O]c1cccc(C#CF)c1. The first-order valence-electron chi connectivity index (χ1n) is 2.71. The standard InChI is InChI=1S/C8H4FO/c9-5-4-7-2-1-3-8(10)6-7/h1-3,6H. The van der Waals surface area contributed by atoms with Gasteiger partial charge in [-0.1, -0.05) is 6.07 Å². The molecule has 0 saturated carbocycles. The highest BCUT2D eigenvalue weighted by atomic mass is 19.1. The zero-order chi connectivity index (χ0) is 7.40. The van der Waals surface area contributed by atoms with Crippen LogP contribution in [-0.4, -0.2) is 0 Å². The fourth-order valence-corrected chi connectivity index (χ4v) is 0.628. The van der Waals surface area contributed by atoms with Gasteiger partial charge in [-0.05, 0) is 18.1 Å². The van der Waals surface area contributed by atoms with Crippen molar-refractivity contribution in [3.63, 3.8) is 0 Å². The number of halogens is 1. The predicted octanol–water partition coefficient (Wildman–Crippen LogP) is 2.11. The molecule has 0 aliphatic rings. The minimum Gasteiger partial charge on any atom is -0.290 e. The van der Waals surface area contributed by atoms with Gasteiger partial charge >= 0.3 is 0 Å². The van der Waals surface area contributed by atoms with Crippen molar-refractivity contribution >= 4 is 0 Å². The number of hydrogen-bond donors (Lipinski definition) is 0. The van der Waals surface area contributed by atoms with Gasteiger partial charge in [-0.25, -0.2) is 0 Å². The smallest absolute Gasteiger partial charge is 0.179 e. The molecule has 10 heavy (non-hydrogen) atoms. The molecule has 0 spiro atoms. The molecule has 0 fully saturated rings. The maximum atomic E-state index is 11.3. The Morgan fingerprint density at radius 3 is 2.80 bits per heavy atom. The molecule has 1 nitrogen and oxygen atoms in total. The Labute approximate surface area is 58.1 Å². The van der Waals surface area contributed by atoms with Crippen LogP contribution in [0, 0.1) is 12.1 Å². The summed E-state index contributed by atoms with van der Waals surface area (Å²) < 4.78 is 11.3. The van der Waals surface area contributed by atoms with Gasteiger partial charge in [0.05, 0.1) is 0 Å². The summed E-state index contributed by atoms with van der Waals surface area (Å²) in [4.78, 5) is 0. The van der Waals surface area contributed by atoms with E-state index >= 15 is 0 Å². The van der Waals surface area contributed by atoms with Crippen molar-refractivity contribution in [3.8, 4) is 17.8 Å². The third-order valence-electron chi connectivity index (χ3n) is 1.03. The summed E-state index contributed by atoms with van der Waals surface area (Å²) in [7, 11) is 0. The Balaban J connectivity index is 3.03. The van der Waals surface area contributed by atoms with E-state index in [0.717, 1.165) is 0 Å². The van der Waals surface area contributed by atoms with Crippen LogP contribution < -0.4 is 0 Å². The fraction of sp³-hybridized carbons (Fsp3) is 0. The monoisotopic (exact) mass is 135 g/mol. The van der Waals surface area contributed by atoms with E-state index < -0.39 is 0 Å². The highest BCUT2D eigenvalue weighted by Crippen LogP contribution is 2.09. The predicted molar refractivity (Wildman–Crippen MR) is 34.6 cm³/mol. The molecule has 0 N–H and O–H groups in total. The molecule has 0 aromatic heterocycles. The van der Waals surface area contributed by atoms with Crippen LogP contribution in [0.15, 0.2) is 24.3 Å². The largest absolute Gasteiger partial charge is 0.290 e. The molecule has 1 radical (unpaired) electrons. The van der Waals surface area contributed by atoms with Crippen molar-refractivity contribution in [3.05, 3.63) is 29.8 Å². The van der Waals surface area contributed by atoms with E-state index in [4.69, 9.17) is 0 Å². The molecule has 0 aliphatic carbocycles. The molecular weight excluding hydrogens is 131 g/mol. The molecule has 0 unspecified atom stereocenters. The minimum atomic E-state index is -0.153. The molecular formula is C8H4FO. The molecule has 1 aromatic rings. The van der Waals surface area contributed by atoms with Crippen molar-refractivity contribution in [1.29, 1.82) is 0 Å². The molecule has 0 aliphatic heterocycles. The van der Waals surface area contributed by atoms with Crippen molar-refractivity contribution in [2.75, 3.05) is 0 Å².